The molecule has 0 amide bonds. The number of halogens is 1. The number of rotatable bonds is 7. The summed E-state index contributed by atoms with van der Waals surface area (Å²) in [4.78, 5) is 4.31. The van der Waals surface area contributed by atoms with Crippen molar-refractivity contribution in [2.24, 2.45) is 0 Å². The Kier molecular flexibility index (Phi) is 5.26. The molecule has 2 rings (SSSR count). The molecule has 1 aromatic heterocycles. The zero-order valence-corrected chi connectivity index (χ0v) is 12.4. The highest BCUT2D eigenvalue weighted by Crippen LogP contribution is 2.27. The molecule has 6 heteroatoms. The SMILES string of the molecule is COCCCNc1nccn1-c1ccc(Cl)c(OC)c1. The van der Waals surface area contributed by atoms with Gasteiger partial charge in [-0.3, -0.25) is 4.57 Å². The van der Waals surface area contributed by atoms with Gasteiger partial charge in [0.05, 0.1) is 17.8 Å². The minimum absolute atomic E-state index is 0.589. The number of methoxy groups -OCH3 is 2. The Labute approximate surface area is 123 Å². The summed E-state index contributed by atoms with van der Waals surface area (Å²) in [6, 6.07) is 5.61. The van der Waals surface area contributed by atoms with Gasteiger partial charge in [-0.1, -0.05) is 11.6 Å². The second-order valence-corrected chi connectivity index (χ2v) is 4.62. The van der Waals surface area contributed by atoms with Gasteiger partial charge in [-0.2, -0.15) is 0 Å². The lowest BCUT2D eigenvalue weighted by atomic mass is 10.3. The molecule has 0 aliphatic carbocycles. The molecule has 108 valence electrons. The fourth-order valence-corrected chi connectivity index (χ4v) is 2.05. The molecule has 0 aliphatic heterocycles. The molecule has 0 unspecified atom stereocenters. The van der Waals surface area contributed by atoms with E-state index < -0.39 is 0 Å². The largest absolute Gasteiger partial charge is 0.495 e. The van der Waals surface area contributed by atoms with Crippen molar-refractivity contribution in [1.29, 1.82) is 0 Å². The second kappa shape index (κ2) is 7.17. The van der Waals surface area contributed by atoms with Crippen LogP contribution < -0.4 is 10.1 Å². The van der Waals surface area contributed by atoms with Crippen LogP contribution in [-0.4, -0.2) is 36.9 Å². The van der Waals surface area contributed by atoms with Gasteiger partial charge in [-0.05, 0) is 18.6 Å². The monoisotopic (exact) mass is 295 g/mol. The molecule has 0 fully saturated rings. The lowest BCUT2D eigenvalue weighted by Crippen LogP contribution is -2.09. The first kappa shape index (κ1) is 14.7. The van der Waals surface area contributed by atoms with Crippen molar-refractivity contribution in [3.8, 4) is 11.4 Å². The topological polar surface area (TPSA) is 48.3 Å². The number of benzene rings is 1. The molecule has 0 saturated carbocycles. The predicted molar refractivity (Wildman–Crippen MR) is 80.1 cm³/mol. The highest BCUT2D eigenvalue weighted by Gasteiger charge is 2.07. The Balaban J connectivity index is 2.14. The van der Waals surface area contributed by atoms with E-state index >= 15 is 0 Å². The predicted octanol–water partition coefficient (Wildman–Crippen LogP) is 2.98. The van der Waals surface area contributed by atoms with Crippen LogP contribution in [0.5, 0.6) is 5.75 Å². The Morgan fingerprint density at radius 3 is 2.95 bits per heavy atom. The lowest BCUT2D eigenvalue weighted by Gasteiger charge is -2.11. The average molecular weight is 296 g/mol. The van der Waals surface area contributed by atoms with Crippen LogP contribution in [0.4, 0.5) is 5.95 Å². The third-order valence-electron chi connectivity index (χ3n) is 2.86. The van der Waals surface area contributed by atoms with E-state index in [-0.39, 0.29) is 0 Å². The Hall–Kier alpha value is -1.72. The first-order valence-electron chi connectivity index (χ1n) is 6.36. The minimum atomic E-state index is 0.589. The number of anilines is 1. The molecule has 1 N–H and O–H groups in total. The Morgan fingerprint density at radius 1 is 1.35 bits per heavy atom. The van der Waals surface area contributed by atoms with Crippen molar-refractivity contribution in [1.82, 2.24) is 9.55 Å². The van der Waals surface area contributed by atoms with Crippen LogP contribution in [-0.2, 0) is 4.74 Å². The zero-order chi connectivity index (χ0) is 14.4. The molecule has 1 heterocycles. The molecular weight excluding hydrogens is 278 g/mol. The number of ether oxygens (including phenoxy) is 2. The second-order valence-electron chi connectivity index (χ2n) is 4.21. The molecule has 0 spiro atoms. The maximum absolute atomic E-state index is 6.04. The molecule has 0 atom stereocenters. The van der Waals surface area contributed by atoms with E-state index in [4.69, 9.17) is 21.1 Å². The standard InChI is InChI=1S/C14H18ClN3O2/c1-19-9-3-6-16-14-17-7-8-18(14)11-4-5-12(15)13(10-11)20-2/h4-5,7-8,10H,3,6,9H2,1-2H3,(H,16,17). The van der Waals surface area contributed by atoms with Gasteiger partial charge in [0.2, 0.25) is 5.95 Å². The zero-order valence-electron chi connectivity index (χ0n) is 11.6. The first-order valence-corrected chi connectivity index (χ1v) is 6.74. The molecule has 5 nitrogen and oxygen atoms in total. The van der Waals surface area contributed by atoms with Gasteiger partial charge in [-0.15, -0.1) is 0 Å². The van der Waals surface area contributed by atoms with Gasteiger partial charge in [0.25, 0.3) is 0 Å². The highest BCUT2D eigenvalue weighted by atomic mass is 35.5. The third kappa shape index (κ3) is 3.43. The van der Waals surface area contributed by atoms with Crippen molar-refractivity contribution in [2.45, 2.75) is 6.42 Å². The molecule has 20 heavy (non-hydrogen) atoms. The number of imidazole rings is 1. The van der Waals surface area contributed by atoms with Crippen molar-refractivity contribution in [3.05, 3.63) is 35.6 Å². The number of hydrogen-bond acceptors (Lipinski definition) is 4. The van der Waals surface area contributed by atoms with Gasteiger partial charge in [0.1, 0.15) is 5.75 Å². The van der Waals surface area contributed by atoms with Crippen molar-refractivity contribution >= 4 is 17.5 Å². The fourth-order valence-electron chi connectivity index (χ4n) is 1.86. The van der Waals surface area contributed by atoms with Crippen LogP contribution in [0.15, 0.2) is 30.6 Å². The number of nitrogens with zero attached hydrogens (tertiary/aromatic N) is 2. The van der Waals surface area contributed by atoms with Crippen LogP contribution in [0.1, 0.15) is 6.42 Å². The minimum Gasteiger partial charge on any atom is -0.495 e. The molecule has 0 aliphatic rings. The third-order valence-corrected chi connectivity index (χ3v) is 3.17. The van der Waals surface area contributed by atoms with Crippen LogP contribution in [0.2, 0.25) is 5.02 Å². The van der Waals surface area contributed by atoms with Crippen LogP contribution in [0.3, 0.4) is 0 Å². The smallest absolute Gasteiger partial charge is 0.207 e. The molecule has 1 aromatic carbocycles. The summed E-state index contributed by atoms with van der Waals surface area (Å²) in [6.07, 6.45) is 4.56. The van der Waals surface area contributed by atoms with Crippen molar-refractivity contribution in [3.63, 3.8) is 0 Å². The number of nitrogens with one attached hydrogen (secondary N) is 1. The van der Waals surface area contributed by atoms with E-state index in [0.29, 0.717) is 10.8 Å². The average Bonchev–Trinajstić information content (AvgIpc) is 2.92. The van der Waals surface area contributed by atoms with Crippen LogP contribution in [0, 0.1) is 0 Å². The summed E-state index contributed by atoms with van der Waals surface area (Å²) in [5, 5.41) is 3.87. The fraction of sp³-hybridized carbons (Fsp3) is 0.357. The molecule has 0 radical (unpaired) electrons. The van der Waals surface area contributed by atoms with Gasteiger partial charge >= 0.3 is 0 Å². The Bertz CT molecular complexity index is 557. The molecular formula is C14H18ClN3O2. The van der Waals surface area contributed by atoms with Gasteiger partial charge in [-0.25, -0.2) is 4.98 Å². The van der Waals surface area contributed by atoms with E-state index in [1.54, 1.807) is 20.4 Å². The quantitative estimate of drug-likeness (QED) is 0.798. The van der Waals surface area contributed by atoms with Crippen molar-refractivity contribution < 1.29 is 9.47 Å². The summed E-state index contributed by atoms with van der Waals surface area (Å²) in [6.45, 7) is 1.53. The van der Waals surface area contributed by atoms with E-state index in [1.165, 1.54) is 0 Å². The maximum Gasteiger partial charge on any atom is 0.207 e. The van der Waals surface area contributed by atoms with Crippen molar-refractivity contribution in [2.75, 3.05) is 32.7 Å². The van der Waals surface area contributed by atoms with Gasteiger partial charge < -0.3 is 14.8 Å². The summed E-state index contributed by atoms with van der Waals surface area (Å²) >= 11 is 6.04. The first-order chi connectivity index (χ1) is 9.76. The Morgan fingerprint density at radius 2 is 2.20 bits per heavy atom. The number of aromatic nitrogens is 2. The number of hydrogen-bond donors (Lipinski definition) is 1. The van der Waals surface area contributed by atoms with Gasteiger partial charge in [0.15, 0.2) is 0 Å². The summed E-state index contributed by atoms with van der Waals surface area (Å²) in [5.74, 6) is 1.42. The lowest BCUT2D eigenvalue weighted by molar-refractivity contribution is 0.197. The van der Waals surface area contributed by atoms with Gasteiger partial charge in [0, 0.05) is 38.7 Å². The maximum atomic E-state index is 6.04. The van der Waals surface area contributed by atoms with Crippen LogP contribution in [0.25, 0.3) is 5.69 Å². The molecule has 0 saturated heterocycles. The molecule has 0 bridgehead atoms. The molecule has 2 aromatic rings. The van der Waals surface area contributed by atoms with E-state index in [9.17, 15) is 0 Å². The van der Waals surface area contributed by atoms with E-state index in [2.05, 4.69) is 10.3 Å². The van der Waals surface area contributed by atoms with E-state index in [1.807, 2.05) is 29.0 Å². The summed E-state index contributed by atoms with van der Waals surface area (Å²) in [5.41, 5.74) is 0.943. The van der Waals surface area contributed by atoms with Crippen LogP contribution >= 0.6 is 11.6 Å². The summed E-state index contributed by atoms with van der Waals surface area (Å²) in [7, 11) is 3.30. The normalized spacial score (nSPS) is 10.6. The highest BCUT2D eigenvalue weighted by molar-refractivity contribution is 6.32. The van der Waals surface area contributed by atoms with E-state index in [0.717, 1.165) is 31.2 Å². The summed E-state index contributed by atoms with van der Waals surface area (Å²) < 4.78 is 12.2.